The number of thiol groups is 1. The van der Waals surface area contributed by atoms with E-state index in [1.165, 1.54) is 12.1 Å². The molecule has 0 aliphatic rings. The van der Waals surface area contributed by atoms with Crippen molar-refractivity contribution in [2.45, 2.75) is 5.03 Å². The first-order valence-corrected chi connectivity index (χ1v) is 7.87. The zero-order valence-corrected chi connectivity index (χ0v) is 14.9. The van der Waals surface area contributed by atoms with E-state index in [2.05, 4.69) is 22.6 Å². The predicted molar refractivity (Wildman–Crippen MR) is 96.3 cm³/mol. The Morgan fingerprint density at radius 2 is 1.52 bits per heavy atom. The highest BCUT2D eigenvalue weighted by Crippen LogP contribution is 2.41. The summed E-state index contributed by atoms with van der Waals surface area (Å²) >= 11 is 4.42. The van der Waals surface area contributed by atoms with E-state index in [1.807, 2.05) is 0 Å². The van der Waals surface area contributed by atoms with Crippen LogP contribution in [0.3, 0.4) is 0 Å². The lowest BCUT2D eigenvalue weighted by Crippen LogP contribution is -1.96. The Bertz CT molecular complexity index is 869. The molecule has 130 valence electrons. The number of ether oxygens (including phenoxy) is 3. The molecule has 0 fully saturated rings. The van der Waals surface area contributed by atoms with Gasteiger partial charge in [-0.1, -0.05) is 0 Å². The molecule has 0 spiro atoms. The maximum absolute atomic E-state index is 13.1. The molecule has 0 atom stereocenters. The molecule has 1 N–H and O–H groups in total. The second kappa shape index (κ2) is 7.06. The minimum atomic E-state index is -0.297. The number of rotatable bonds is 5. The fourth-order valence-electron chi connectivity index (χ4n) is 2.54. The van der Waals surface area contributed by atoms with Gasteiger partial charge in [-0.3, -0.25) is 0 Å². The van der Waals surface area contributed by atoms with Crippen LogP contribution in [-0.4, -0.2) is 31.3 Å². The molecule has 2 aromatic carbocycles. The number of H-pyrrole nitrogens is 1. The second-order valence-corrected chi connectivity index (χ2v) is 5.63. The summed E-state index contributed by atoms with van der Waals surface area (Å²) in [5, 5.41) is 0.510. The van der Waals surface area contributed by atoms with Crippen LogP contribution in [0.25, 0.3) is 22.6 Å². The summed E-state index contributed by atoms with van der Waals surface area (Å²) in [5.74, 6) is 1.84. The Labute approximate surface area is 150 Å². The van der Waals surface area contributed by atoms with E-state index in [4.69, 9.17) is 14.2 Å². The Morgan fingerprint density at radius 3 is 2.04 bits per heavy atom. The zero-order chi connectivity index (χ0) is 18.0. The van der Waals surface area contributed by atoms with Crippen LogP contribution in [0.15, 0.2) is 41.4 Å². The van der Waals surface area contributed by atoms with Crippen LogP contribution in [0.2, 0.25) is 0 Å². The standard InChI is InChI=1S/C18H17FN2O3S/c1-22-13-8-11(9-14(23-2)16(13)24-3)17-20-15(18(25)21-17)10-4-6-12(19)7-5-10/h4-9,25H,1-3H3,(H,20,21). The van der Waals surface area contributed by atoms with Crippen LogP contribution < -0.4 is 14.2 Å². The largest absolute Gasteiger partial charge is 0.493 e. The molecule has 3 aromatic rings. The maximum Gasteiger partial charge on any atom is 0.203 e. The average Bonchev–Trinajstić information content (AvgIpc) is 3.02. The summed E-state index contributed by atoms with van der Waals surface area (Å²) in [7, 11) is 4.65. The summed E-state index contributed by atoms with van der Waals surface area (Å²) in [4.78, 5) is 7.66. The first kappa shape index (κ1) is 17.2. The molecule has 1 aromatic heterocycles. The number of nitrogens with zero attached hydrogens (tertiary/aromatic N) is 1. The van der Waals surface area contributed by atoms with Gasteiger partial charge in [-0.2, -0.15) is 0 Å². The van der Waals surface area contributed by atoms with Gasteiger partial charge >= 0.3 is 0 Å². The van der Waals surface area contributed by atoms with Crippen LogP contribution in [0.1, 0.15) is 0 Å². The van der Waals surface area contributed by atoms with Crippen molar-refractivity contribution in [1.82, 2.24) is 9.97 Å². The van der Waals surface area contributed by atoms with E-state index in [0.29, 0.717) is 33.8 Å². The van der Waals surface area contributed by atoms with Crippen molar-refractivity contribution in [3.05, 3.63) is 42.2 Å². The summed E-state index contributed by atoms with van der Waals surface area (Å²) in [6.07, 6.45) is 0. The maximum atomic E-state index is 13.1. The normalized spacial score (nSPS) is 10.6. The Balaban J connectivity index is 2.08. The Hall–Kier alpha value is -2.67. The minimum Gasteiger partial charge on any atom is -0.493 e. The molecular weight excluding hydrogens is 343 g/mol. The quantitative estimate of drug-likeness (QED) is 0.670. The summed E-state index contributed by atoms with van der Waals surface area (Å²) < 4.78 is 29.2. The van der Waals surface area contributed by atoms with Crippen LogP contribution in [0.5, 0.6) is 17.2 Å². The van der Waals surface area contributed by atoms with Gasteiger partial charge in [0.15, 0.2) is 11.5 Å². The number of aromatic amines is 1. The van der Waals surface area contributed by atoms with Crippen LogP contribution in [0.4, 0.5) is 4.39 Å². The molecule has 0 bridgehead atoms. The molecule has 25 heavy (non-hydrogen) atoms. The van der Waals surface area contributed by atoms with Gasteiger partial charge in [0, 0.05) is 11.1 Å². The molecule has 0 aliphatic heterocycles. The number of hydrogen-bond acceptors (Lipinski definition) is 5. The minimum absolute atomic E-state index is 0.297. The van der Waals surface area contributed by atoms with Gasteiger partial charge in [0.1, 0.15) is 16.7 Å². The molecular formula is C18H17FN2O3S. The summed E-state index contributed by atoms with van der Waals surface area (Å²) in [6, 6.07) is 9.71. The van der Waals surface area contributed by atoms with Gasteiger partial charge < -0.3 is 19.2 Å². The topological polar surface area (TPSA) is 56.4 Å². The van der Waals surface area contributed by atoms with Crippen molar-refractivity contribution in [3.63, 3.8) is 0 Å². The number of methoxy groups -OCH3 is 3. The van der Waals surface area contributed by atoms with E-state index in [1.54, 1.807) is 45.6 Å². The fourth-order valence-corrected chi connectivity index (χ4v) is 2.82. The zero-order valence-electron chi connectivity index (χ0n) is 14.0. The lowest BCUT2D eigenvalue weighted by atomic mass is 10.1. The Kier molecular flexibility index (Phi) is 4.85. The molecule has 0 saturated heterocycles. The smallest absolute Gasteiger partial charge is 0.203 e. The molecule has 0 unspecified atom stereocenters. The molecule has 0 amide bonds. The monoisotopic (exact) mass is 360 g/mol. The highest BCUT2D eigenvalue weighted by molar-refractivity contribution is 7.80. The molecule has 1 heterocycles. The molecule has 5 nitrogen and oxygen atoms in total. The number of halogens is 1. The van der Waals surface area contributed by atoms with Gasteiger partial charge in [-0.15, -0.1) is 12.6 Å². The highest BCUT2D eigenvalue weighted by Gasteiger charge is 2.17. The predicted octanol–water partition coefficient (Wildman–Crippen LogP) is 4.20. The summed E-state index contributed by atoms with van der Waals surface area (Å²) in [5.41, 5.74) is 2.24. The van der Waals surface area contributed by atoms with Gasteiger partial charge in [0.25, 0.3) is 0 Å². The summed E-state index contributed by atoms with van der Waals surface area (Å²) in [6.45, 7) is 0. The third kappa shape index (κ3) is 3.28. The van der Waals surface area contributed by atoms with Gasteiger partial charge in [0.05, 0.1) is 27.0 Å². The van der Waals surface area contributed by atoms with Gasteiger partial charge in [-0.25, -0.2) is 9.37 Å². The number of aromatic nitrogens is 2. The Morgan fingerprint density at radius 1 is 0.920 bits per heavy atom. The SMILES string of the molecule is COc1cc(-c2nc(S)c(-c3ccc(F)cc3)[nH]2)cc(OC)c1OC. The van der Waals surface area contributed by atoms with Gasteiger partial charge in [0.2, 0.25) is 5.75 Å². The number of benzene rings is 2. The van der Waals surface area contributed by atoms with Gasteiger partial charge in [-0.05, 0) is 36.4 Å². The molecule has 0 saturated carbocycles. The van der Waals surface area contributed by atoms with Crippen molar-refractivity contribution in [3.8, 4) is 39.9 Å². The van der Waals surface area contributed by atoms with Crippen molar-refractivity contribution < 1.29 is 18.6 Å². The number of hydrogen-bond donors (Lipinski definition) is 2. The second-order valence-electron chi connectivity index (χ2n) is 5.20. The van der Waals surface area contributed by atoms with E-state index in [9.17, 15) is 4.39 Å². The lowest BCUT2D eigenvalue weighted by Gasteiger charge is -2.13. The molecule has 0 radical (unpaired) electrons. The van der Waals surface area contributed by atoms with E-state index < -0.39 is 0 Å². The van der Waals surface area contributed by atoms with E-state index >= 15 is 0 Å². The fraction of sp³-hybridized carbons (Fsp3) is 0.167. The third-order valence-electron chi connectivity index (χ3n) is 3.76. The van der Waals surface area contributed by atoms with Crippen LogP contribution in [-0.2, 0) is 0 Å². The number of imidazole rings is 1. The van der Waals surface area contributed by atoms with Crippen LogP contribution >= 0.6 is 12.6 Å². The first-order valence-electron chi connectivity index (χ1n) is 7.42. The van der Waals surface area contributed by atoms with Crippen molar-refractivity contribution in [2.75, 3.05) is 21.3 Å². The molecule has 7 heteroatoms. The number of nitrogens with one attached hydrogen (secondary N) is 1. The third-order valence-corrected chi connectivity index (χ3v) is 4.08. The molecule has 0 aliphatic carbocycles. The van der Waals surface area contributed by atoms with Crippen molar-refractivity contribution >= 4 is 12.6 Å². The highest BCUT2D eigenvalue weighted by atomic mass is 32.1. The molecule has 3 rings (SSSR count). The average molecular weight is 360 g/mol. The van der Waals surface area contributed by atoms with Crippen molar-refractivity contribution in [1.29, 1.82) is 0 Å². The van der Waals surface area contributed by atoms with Crippen molar-refractivity contribution in [2.24, 2.45) is 0 Å². The van der Waals surface area contributed by atoms with E-state index in [0.717, 1.165) is 11.1 Å². The van der Waals surface area contributed by atoms with E-state index in [-0.39, 0.29) is 5.82 Å². The van der Waals surface area contributed by atoms with Crippen LogP contribution in [0, 0.1) is 5.82 Å². The first-order chi connectivity index (χ1) is 12.1. The lowest BCUT2D eigenvalue weighted by molar-refractivity contribution is 0.324.